The van der Waals surface area contributed by atoms with Crippen LogP contribution in [-0.4, -0.2) is 23.0 Å². The molecule has 1 unspecified atom stereocenters. The number of benzene rings is 3. The van der Waals surface area contributed by atoms with E-state index in [1.807, 2.05) is 27.0 Å². The van der Waals surface area contributed by atoms with Crippen molar-refractivity contribution >= 4 is 27.5 Å². The second-order valence-electron chi connectivity index (χ2n) is 10.8. The average Bonchev–Trinajstić information content (AvgIpc) is 3.32. The molecule has 4 aromatic rings. The van der Waals surface area contributed by atoms with Gasteiger partial charge in [-0.1, -0.05) is 24.3 Å². The zero-order valence-corrected chi connectivity index (χ0v) is 20.9. The summed E-state index contributed by atoms with van der Waals surface area (Å²) in [5, 5.41) is 3.52. The minimum absolute atomic E-state index is 0.0320. The van der Waals surface area contributed by atoms with Gasteiger partial charge in [-0.3, -0.25) is 9.78 Å². The highest BCUT2D eigenvalue weighted by atomic mass is 16.5. The minimum Gasteiger partial charge on any atom is -0.493 e. The number of aromatic nitrogens is 1. The van der Waals surface area contributed by atoms with Crippen molar-refractivity contribution in [2.45, 2.75) is 65.1 Å². The zero-order valence-electron chi connectivity index (χ0n) is 20.9. The molecule has 178 valence electrons. The molecule has 1 aliphatic carbocycles. The molecule has 2 aliphatic rings. The molecule has 4 nitrogen and oxygen atoms in total. The van der Waals surface area contributed by atoms with Gasteiger partial charge in [0.05, 0.1) is 17.7 Å². The number of hydrogen-bond donors (Lipinski definition) is 0. The molecule has 2 heterocycles. The molecule has 6 rings (SSSR count). The lowest BCUT2D eigenvalue weighted by Gasteiger charge is -2.31. The highest BCUT2D eigenvalue weighted by molar-refractivity contribution is 6.10. The molecule has 1 aliphatic heterocycles. The highest BCUT2D eigenvalue weighted by Crippen LogP contribution is 2.48. The second kappa shape index (κ2) is 8.17. The van der Waals surface area contributed by atoms with Gasteiger partial charge in [-0.2, -0.15) is 0 Å². The summed E-state index contributed by atoms with van der Waals surface area (Å²) >= 11 is 0. The van der Waals surface area contributed by atoms with Gasteiger partial charge in [0.2, 0.25) is 0 Å². The molecule has 1 atom stereocenters. The first-order valence-corrected chi connectivity index (χ1v) is 12.6. The number of ketones is 1. The maximum Gasteiger partial charge on any atom is 0.163 e. The van der Waals surface area contributed by atoms with Gasteiger partial charge >= 0.3 is 0 Å². The molecule has 0 amide bonds. The first-order chi connectivity index (χ1) is 16.8. The molecule has 1 aromatic heterocycles. The fraction of sp³-hybridized carbons (Fsp3) is 0.355. The lowest BCUT2D eigenvalue weighted by atomic mass is 9.82. The Labute approximate surface area is 206 Å². The number of rotatable bonds is 4. The Kier molecular flexibility index (Phi) is 5.19. The van der Waals surface area contributed by atoms with Crippen molar-refractivity contribution in [3.8, 4) is 16.9 Å². The van der Waals surface area contributed by atoms with Gasteiger partial charge in [0.25, 0.3) is 0 Å². The summed E-state index contributed by atoms with van der Waals surface area (Å²) in [6.07, 6.45) is 5.21. The first kappa shape index (κ1) is 22.2. The topological polar surface area (TPSA) is 48.4 Å². The smallest absolute Gasteiger partial charge is 0.163 e. The Bertz CT molecular complexity index is 1490. The number of nitrogens with zero attached hydrogens (tertiary/aromatic N) is 1. The van der Waals surface area contributed by atoms with Crippen molar-refractivity contribution in [2.75, 3.05) is 6.61 Å². The van der Waals surface area contributed by atoms with Crippen LogP contribution in [0.15, 0.2) is 48.7 Å². The molecule has 35 heavy (non-hydrogen) atoms. The fourth-order valence-electron chi connectivity index (χ4n) is 5.98. The third-order valence-electron chi connectivity index (χ3n) is 7.28. The molecule has 0 radical (unpaired) electrons. The molecule has 0 saturated heterocycles. The van der Waals surface area contributed by atoms with E-state index in [0.717, 1.165) is 64.4 Å². The molecule has 3 aromatic carbocycles. The normalized spacial score (nSPS) is 15.8. The van der Waals surface area contributed by atoms with Crippen LogP contribution in [0, 0.1) is 0 Å². The van der Waals surface area contributed by atoms with Gasteiger partial charge in [0.15, 0.2) is 5.78 Å². The van der Waals surface area contributed by atoms with Crippen LogP contribution in [0.4, 0.5) is 0 Å². The van der Waals surface area contributed by atoms with Crippen LogP contribution >= 0.6 is 0 Å². The number of carbonyl (C=O) groups is 1. The number of carbonyl (C=O) groups excluding carboxylic acids is 1. The Morgan fingerprint density at radius 3 is 2.54 bits per heavy atom. The van der Waals surface area contributed by atoms with Gasteiger partial charge in [0.1, 0.15) is 11.9 Å². The summed E-state index contributed by atoms with van der Waals surface area (Å²) in [6, 6.07) is 14.9. The predicted molar refractivity (Wildman–Crippen MR) is 140 cm³/mol. The standard InChI is InChI=1S/C31H31NO3/c1-18(33)30(35-31(2,3)4)28-23-11-7-10-21(23)20-8-5-6-9-22(20)27(28)24-12-13-25-26-19(15-17-34-25)14-16-32-29(24)26/h5-6,8-9,12-14,16,30H,7,10-11,15,17H2,1-4H3. The van der Waals surface area contributed by atoms with Crippen LogP contribution in [0.1, 0.15) is 62.5 Å². The van der Waals surface area contributed by atoms with Crippen LogP contribution in [0.2, 0.25) is 0 Å². The van der Waals surface area contributed by atoms with Gasteiger partial charge in [-0.15, -0.1) is 0 Å². The maximum absolute atomic E-state index is 13.2. The van der Waals surface area contributed by atoms with Crippen LogP contribution in [0.3, 0.4) is 0 Å². The van der Waals surface area contributed by atoms with E-state index in [4.69, 9.17) is 14.5 Å². The summed E-state index contributed by atoms with van der Waals surface area (Å²) in [5.74, 6) is 0.920. The van der Waals surface area contributed by atoms with Crippen molar-refractivity contribution in [3.05, 3.63) is 70.9 Å². The van der Waals surface area contributed by atoms with Gasteiger partial charge in [0, 0.05) is 29.1 Å². The number of aryl methyl sites for hydroxylation is 1. The number of hydrogen-bond acceptors (Lipinski definition) is 4. The molecule has 0 spiro atoms. The van der Waals surface area contributed by atoms with E-state index in [1.54, 1.807) is 6.92 Å². The highest BCUT2D eigenvalue weighted by Gasteiger charge is 2.34. The van der Waals surface area contributed by atoms with Crippen molar-refractivity contribution in [1.82, 2.24) is 4.98 Å². The molecular formula is C31H31NO3. The van der Waals surface area contributed by atoms with E-state index in [2.05, 4.69) is 42.5 Å². The number of pyridine rings is 1. The van der Waals surface area contributed by atoms with Crippen molar-refractivity contribution in [1.29, 1.82) is 0 Å². The number of Topliss-reactive ketones (excluding diaryl/α,β-unsaturated/α-hetero) is 1. The zero-order chi connectivity index (χ0) is 24.3. The van der Waals surface area contributed by atoms with Gasteiger partial charge in [-0.25, -0.2) is 0 Å². The average molecular weight is 466 g/mol. The summed E-state index contributed by atoms with van der Waals surface area (Å²) in [4.78, 5) is 18.1. The SMILES string of the molecule is CC(=O)C(OC(C)(C)C)c1c2c(c3ccccc3c1-c1ccc3c4c(ccnc14)CCO3)CCC2. The Hall–Kier alpha value is -3.24. The molecular weight excluding hydrogens is 434 g/mol. The summed E-state index contributed by atoms with van der Waals surface area (Å²) in [7, 11) is 0. The van der Waals surface area contributed by atoms with E-state index in [1.165, 1.54) is 22.1 Å². The molecule has 4 heteroatoms. The fourth-order valence-corrected chi connectivity index (χ4v) is 5.98. The molecule has 0 fully saturated rings. The molecule has 0 bridgehead atoms. The van der Waals surface area contributed by atoms with E-state index in [9.17, 15) is 4.79 Å². The minimum atomic E-state index is -0.636. The Morgan fingerprint density at radius 2 is 1.77 bits per heavy atom. The van der Waals surface area contributed by atoms with Crippen molar-refractivity contribution < 1.29 is 14.3 Å². The lowest BCUT2D eigenvalue weighted by Crippen LogP contribution is -2.27. The van der Waals surface area contributed by atoms with E-state index >= 15 is 0 Å². The van der Waals surface area contributed by atoms with Crippen LogP contribution in [0.25, 0.3) is 32.8 Å². The van der Waals surface area contributed by atoms with Crippen LogP contribution in [-0.2, 0) is 28.8 Å². The summed E-state index contributed by atoms with van der Waals surface area (Å²) in [6.45, 7) is 8.40. The number of fused-ring (bicyclic) bond motifs is 3. The predicted octanol–water partition coefficient (Wildman–Crippen LogP) is 6.92. The van der Waals surface area contributed by atoms with Crippen molar-refractivity contribution in [2.24, 2.45) is 0 Å². The molecule has 0 N–H and O–H groups in total. The van der Waals surface area contributed by atoms with Crippen LogP contribution in [0.5, 0.6) is 5.75 Å². The van der Waals surface area contributed by atoms with Gasteiger partial charge in [-0.05, 0) is 98.2 Å². The quantitative estimate of drug-likeness (QED) is 0.328. The third-order valence-corrected chi connectivity index (χ3v) is 7.28. The van der Waals surface area contributed by atoms with E-state index in [0.29, 0.717) is 6.61 Å². The van der Waals surface area contributed by atoms with E-state index < -0.39 is 11.7 Å². The van der Waals surface area contributed by atoms with Gasteiger partial charge < -0.3 is 9.47 Å². The van der Waals surface area contributed by atoms with Crippen molar-refractivity contribution in [3.63, 3.8) is 0 Å². The number of ether oxygens (including phenoxy) is 2. The summed E-state index contributed by atoms with van der Waals surface area (Å²) in [5.41, 5.74) is 7.52. The second-order valence-corrected chi connectivity index (χ2v) is 10.8. The Balaban J connectivity index is 1.76. The Morgan fingerprint density at radius 1 is 1.00 bits per heavy atom. The maximum atomic E-state index is 13.2. The van der Waals surface area contributed by atoms with E-state index in [-0.39, 0.29) is 5.78 Å². The van der Waals surface area contributed by atoms with Crippen LogP contribution < -0.4 is 4.74 Å². The third kappa shape index (κ3) is 3.63. The monoisotopic (exact) mass is 465 g/mol. The largest absolute Gasteiger partial charge is 0.493 e. The first-order valence-electron chi connectivity index (χ1n) is 12.6. The summed E-state index contributed by atoms with van der Waals surface area (Å²) < 4.78 is 12.5. The lowest BCUT2D eigenvalue weighted by molar-refractivity contribution is -0.138. The molecule has 0 saturated carbocycles.